The second kappa shape index (κ2) is 8.18. The Morgan fingerprint density at radius 1 is 1.06 bits per heavy atom. The molecule has 164 valence electrons. The van der Waals surface area contributed by atoms with Crippen LogP contribution in [0.25, 0.3) is 21.8 Å². The molecule has 0 aliphatic rings. The van der Waals surface area contributed by atoms with Gasteiger partial charge in [-0.15, -0.1) is 0 Å². The van der Waals surface area contributed by atoms with Crippen molar-refractivity contribution in [1.29, 1.82) is 0 Å². The number of benzene rings is 2. The minimum atomic E-state index is -0.926. The van der Waals surface area contributed by atoms with E-state index in [0.717, 1.165) is 21.0 Å². The van der Waals surface area contributed by atoms with E-state index in [1.165, 1.54) is 30.9 Å². The molecule has 4 aromatic rings. The van der Waals surface area contributed by atoms with Crippen molar-refractivity contribution >= 4 is 33.7 Å². The Labute approximate surface area is 182 Å². The molecule has 32 heavy (non-hydrogen) atoms. The monoisotopic (exact) mass is 434 g/mol. The average molecular weight is 434 g/mol. The fourth-order valence-corrected chi connectivity index (χ4v) is 3.83. The Kier molecular flexibility index (Phi) is 5.40. The number of rotatable bonds is 5. The fraction of sp³-hybridized carbons (Fsp3) is 0.217. The van der Waals surface area contributed by atoms with Crippen LogP contribution in [-0.2, 0) is 30.0 Å². The predicted octanol–water partition coefficient (Wildman–Crippen LogP) is 1.23. The average Bonchev–Trinajstić information content (AvgIpc) is 3.22. The third kappa shape index (κ3) is 3.58. The summed E-state index contributed by atoms with van der Waals surface area (Å²) in [6.45, 7) is 0. The number of carbonyl (C=O) groups is 2. The van der Waals surface area contributed by atoms with Gasteiger partial charge in [0.1, 0.15) is 6.04 Å². The molecule has 0 saturated heterocycles. The van der Waals surface area contributed by atoms with E-state index in [2.05, 4.69) is 10.3 Å². The van der Waals surface area contributed by atoms with Gasteiger partial charge in [-0.3, -0.25) is 18.7 Å². The van der Waals surface area contributed by atoms with Crippen LogP contribution in [0.15, 0.2) is 58.3 Å². The van der Waals surface area contributed by atoms with Crippen molar-refractivity contribution in [3.63, 3.8) is 0 Å². The fourth-order valence-electron chi connectivity index (χ4n) is 3.83. The lowest BCUT2D eigenvalue weighted by Gasteiger charge is -2.17. The molecule has 2 aromatic carbocycles. The van der Waals surface area contributed by atoms with Crippen LogP contribution >= 0.6 is 0 Å². The first-order valence-electron chi connectivity index (χ1n) is 9.95. The molecule has 0 saturated carbocycles. The number of fused-ring (bicyclic) bond motifs is 2. The third-order valence-electron chi connectivity index (χ3n) is 5.62. The number of aromatic nitrogens is 3. The molecular weight excluding hydrogens is 412 g/mol. The van der Waals surface area contributed by atoms with Crippen LogP contribution in [-0.4, -0.2) is 39.1 Å². The summed E-state index contributed by atoms with van der Waals surface area (Å²) < 4.78 is 7.21. The van der Waals surface area contributed by atoms with Gasteiger partial charge in [-0.05, 0) is 29.8 Å². The van der Waals surface area contributed by atoms with Gasteiger partial charge in [0, 0.05) is 43.2 Å². The normalized spacial score (nSPS) is 12.1. The number of aryl methyl sites for hydroxylation is 1. The number of ether oxygens (including phenoxy) is 1. The van der Waals surface area contributed by atoms with Crippen LogP contribution in [0, 0.1) is 0 Å². The lowest BCUT2D eigenvalue weighted by atomic mass is 10.0. The van der Waals surface area contributed by atoms with Crippen molar-refractivity contribution in [2.24, 2.45) is 14.1 Å². The predicted molar refractivity (Wildman–Crippen MR) is 120 cm³/mol. The van der Waals surface area contributed by atoms with Gasteiger partial charge in [0.2, 0.25) is 0 Å². The van der Waals surface area contributed by atoms with Crippen molar-refractivity contribution in [3.8, 4) is 0 Å². The second-order valence-electron chi connectivity index (χ2n) is 7.55. The molecule has 1 amide bonds. The van der Waals surface area contributed by atoms with Gasteiger partial charge in [0.05, 0.1) is 18.0 Å². The Morgan fingerprint density at radius 3 is 2.56 bits per heavy atom. The van der Waals surface area contributed by atoms with Crippen molar-refractivity contribution in [1.82, 2.24) is 19.4 Å². The summed E-state index contributed by atoms with van der Waals surface area (Å²) in [5.41, 5.74) is 1.44. The first-order valence-corrected chi connectivity index (χ1v) is 9.95. The van der Waals surface area contributed by atoms with Crippen LogP contribution in [0.1, 0.15) is 15.9 Å². The largest absolute Gasteiger partial charge is 0.467 e. The van der Waals surface area contributed by atoms with Crippen LogP contribution in [0.2, 0.25) is 0 Å². The number of methoxy groups -OCH3 is 1. The first-order chi connectivity index (χ1) is 15.3. The van der Waals surface area contributed by atoms with Crippen LogP contribution < -0.4 is 16.6 Å². The molecule has 0 aliphatic carbocycles. The second-order valence-corrected chi connectivity index (χ2v) is 7.55. The van der Waals surface area contributed by atoms with Crippen molar-refractivity contribution < 1.29 is 14.3 Å². The topological polar surface area (TPSA) is 115 Å². The number of para-hydroxylation sites is 1. The van der Waals surface area contributed by atoms with Crippen LogP contribution in [0.4, 0.5) is 0 Å². The minimum Gasteiger partial charge on any atom is -0.467 e. The summed E-state index contributed by atoms with van der Waals surface area (Å²) in [7, 11) is 4.20. The number of nitrogens with one attached hydrogen (secondary N) is 2. The van der Waals surface area contributed by atoms with E-state index in [4.69, 9.17) is 4.74 Å². The van der Waals surface area contributed by atoms with Crippen molar-refractivity contribution in [3.05, 3.63) is 80.6 Å². The number of carbonyl (C=O) groups excluding carboxylic acids is 2. The zero-order valence-electron chi connectivity index (χ0n) is 17.8. The molecule has 2 heterocycles. The number of nitrogens with zero attached hydrogens (tertiary/aromatic N) is 2. The molecule has 0 fully saturated rings. The van der Waals surface area contributed by atoms with E-state index < -0.39 is 29.2 Å². The zero-order chi connectivity index (χ0) is 23.0. The Balaban J connectivity index is 1.66. The van der Waals surface area contributed by atoms with Gasteiger partial charge in [-0.1, -0.05) is 18.2 Å². The molecule has 9 heteroatoms. The van der Waals surface area contributed by atoms with Crippen LogP contribution in [0.3, 0.4) is 0 Å². The van der Waals surface area contributed by atoms with E-state index in [1.807, 2.05) is 24.3 Å². The summed E-state index contributed by atoms with van der Waals surface area (Å²) in [5, 5.41) is 3.89. The number of hydrogen-bond donors (Lipinski definition) is 2. The van der Waals surface area contributed by atoms with Crippen LogP contribution in [0.5, 0.6) is 0 Å². The van der Waals surface area contributed by atoms with Gasteiger partial charge in [-0.2, -0.15) is 0 Å². The van der Waals surface area contributed by atoms with Gasteiger partial charge in [0.15, 0.2) is 0 Å². The van der Waals surface area contributed by atoms with E-state index in [1.54, 1.807) is 19.3 Å². The maximum absolute atomic E-state index is 13.0. The van der Waals surface area contributed by atoms with Gasteiger partial charge >= 0.3 is 11.7 Å². The van der Waals surface area contributed by atoms with Crippen molar-refractivity contribution in [2.45, 2.75) is 12.5 Å². The molecule has 0 aliphatic heterocycles. The van der Waals surface area contributed by atoms with Gasteiger partial charge < -0.3 is 15.0 Å². The SMILES string of the molecule is COC(=O)[C@H](Cc1c[nH]c2ccccc12)NC(=O)c1ccc2c(c1)c(=O)n(C)c(=O)n2C. The van der Waals surface area contributed by atoms with Gasteiger partial charge in [0.25, 0.3) is 11.5 Å². The van der Waals surface area contributed by atoms with Gasteiger partial charge in [-0.25, -0.2) is 9.59 Å². The minimum absolute atomic E-state index is 0.195. The standard InChI is InChI=1S/C23H22N4O5/c1-26-19-9-8-13(10-16(19)21(29)27(2)23(26)31)20(28)25-18(22(30)32-3)11-14-12-24-17-7-5-4-6-15(14)17/h4-10,12,18,24H,11H2,1-3H3,(H,25,28)/t18-/m0/s1. The molecule has 0 bridgehead atoms. The quantitative estimate of drug-likeness (QED) is 0.459. The number of H-pyrrole nitrogens is 1. The van der Waals surface area contributed by atoms with E-state index in [9.17, 15) is 19.2 Å². The van der Waals surface area contributed by atoms with E-state index in [-0.39, 0.29) is 17.4 Å². The first kappa shape index (κ1) is 21.1. The number of hydrogen-bond acceptors (Lipinski definition) is 5. The molecule has 0 spiro atoms. The maximum atomic E-state index is 13.0. The summed E-state index contributed by atoms with van der Waals surface area (Å²) in [6, 6.07) is 11.2. The molecular formula is C23H22N4O5. The summed E-state index contributed by atoms with van der Waals surface area (Å²) in [5.74, 6) is -1.11. The number of esters is 1. The molecule has 2 aromatic heterocycles. The molecule has 1 atom stereocenters. The maximum Gasteiger partial charge on any atom is 0.330 e. The van der Waals surface area contributed by atoms with E-state index in [0.29, 0.717) is 5.52 Å². The smallest absolute Gasteiger partial charge is 0.330 e. The highest BCUT2D eigenvalue weighted by atomic mass is 16.5. The highest BCUT2D eigenvalue weighted by molar-refractivity contribution is 6.00. The lowest BCUT2D eigenvalue weighted by Crippen LogP contribution is -2.43. The third-order valence-corrected chi connectivity index (χ3v) is 5.62. The Morgan fingerprint density at radius 2 is 1.81 bits per heavy atom. The Bertz CT molecular complexity index is 1480. The van der Waals surface area contributed by atoms with Crippen molar-refractivity contribution in [2.75, 3.05) is 7.11 Å². The molecule has 0 unspecified atom stereocenters. The summed E-state index contributed by atoms with van der Waals surface area (Å²) in [4.78, 5) is 53.1. The Hall–Kier alpha value is -4.14. The highest BCUT2D eigenvalue weighted by Crippen LogP contribution is 2.20. The highest BCUT2D eigenvalue weighted by Gasteiger charge is 2.24. The molecule has 4 rings (SSSR count). The summed E-state index contributed by atoms with van der Waals surface area (Å²) >= 11 is 0. The molecule has 9 nitrogen and oxygen atoms in total. The number of aromatic amines is 1. The number of amides is 1. The van der Waals surface area contributed by atoms with E-state index >= 15 is 0 Å². The molecule has 0 radical (unpaired) electrons. The molecule has 2 N–H and O–H groups in total. The lowest BCUT2D eigenvalue weighted by molar-refractivity contribution is -0.142. The zero-order valence-corrected chi connectivity index (χ0v) is 17.8. The summed E-state index contributed by atoms with van der Waals surface area (Å²) in [6.07, 6.45) is 2.03.